The molecule has 7 nitrogen and oxygen atoms in total. The molecule has 7 heteroatoms. The number of carbonyl (C=O) groups is 1. The van der Waals surface area contributed by atoms with Crippen LogP contribution in [0.2, 0.25) is 0 Å². The Hall–Kier alpha value is -2.93. The maximum absolute atomic E-state index is 12.6. The van der Waals surface area contributed by atoms with Gasteiger partial charge in [-0.1, -0.05) is 13.8 Å². The zero-order valence-electron chi connectivity index (χ0n) is 18.6. The maximum Gasteiger partial charge on any atom is 0.359 e. The van der Waals surface area contributed by atoms with Gasteiger partial charge >= 0.3 is 5.97 Å². The van der Waals surface area contributed by atoms with E-state index in [1.165, 1.54) is 11.4 Å². The van der Waals surface area contributed by atoms with Crippen LogP contribution in [-0.2, 0) is 30.8 Å². The first-order valence-electron chi connectivity index (χ1n) is 11.1. The highest BCUT2D eigenvalue weighted by molar-refractivity contribution is 5.89. The average Bonchev–Trinajstić information content (AvgIpc) is 3.37. The van der Waals surface area contributed by atoms with Crippen LogP contribution in [0.5, 0.6) is 0 Å². The van der Waals surface area contributed by atoms with Crippen molar-refractivity contribution in [1.82, 2.24) is 24.2 Å². The van der Waals surface area contributed by atoms with Gasteiger partial charge in [0.1, 0.15) is 0 Å². The molecular weight excluding hydrogens is 390 g/mol. The molecule has 0 atom stereocenters. The molecule has 4 heterocycles. The lowest BCUT2D eigenvalue weighted by Crippen LogP contribution is -2.32. The van der Waals surface area contributed by atoms with Crippen LogP contribution in [0.1, 0.15) is 54.6 Å². The molecule has 0 spiro atoms. The number of aryl methyl sites for hydroxylation is 1. The Kier molecular flexibility index (Phi) is 6.51. The number of fused-ring (bicyclic) bond motifs is 1. The quantitative estimate of drug-likeness (QED) is 0.517. The number of aromatic nitrogens is 4. The molecule has 0 aliphatic carbocycles. The topological polar surface area (TPSA) is 65.2 Å². The van der Waals surface area contributed by atoms with Crippen LogP contribution in [0.4, 0.5) is 0 Å². The minimum Gasteiger partial charge on any atom is -0.461 e. The Morgan fingerprint density at radius 1 is 1.26 bits per heavy atom. The SMILES string of the molecule is CCOC(=O)c1nn(CCC(C)C)c2c1CN(Cc1cccn1-c1cccnc1)CC2. The molecule has 0 saturated carbocycles. The number of rotatable bonds is 8. The number of hydrogen-bond donors (Lipinski definition) is 0. The minimum absolute atomic E-state index is 0.317. The van der Waals surface area contributed by atoms with Gasteiger partial charge in [-0.05, 0) is 43.5 Å². The third kappa shape index (κ3) is 4.71. The minimum atomic E-state index is -0.317. The molecule has 0 radical (unpaired) electrons. The summed E-state index contributed by atoms with van der Waals surface area (Å²) in [5.74, 6) is 0.272. The molecule has 0 bridgehead atoms. The fourth-order valence-electron chi connectivity index (χ4n) is 4.13. The molecule has 0 saturated heterocycles. The first-order valence-corrected chi connectivity index (χ1v) is 11.1. The molecule has 0 N–H and O–H groups in total. The van der Waals surface area contributed by atoms with Gasteiger partial charge in [0.05, 0.1) is 18.5 Å². The Bertz CT molecular complexity index is 1020. The van der Waals surface area contributed by atoms with E-state index in [1.54, 1.807) is 6.20 Å². The predicted molar refractivity (Wildman–Crippen MR) is 119 cm³/mol. The number of ether oxygens (including phenoxy) is 1. The van der Waals surface area contributed by atoms with Gasteiger partial charge < -0.3 is 9.30 Å². The van der Waals surface area contributed by atoms with E-state index in [0.717, 1.165) is 43.7 Å². The molecule has 164 valence electrons. The highest BCUT2D eigenvalue weighted by Crippen LogP contribution is 2.26. The van der Waals surface area contributed by atoms with Crippen molar-refractivity contribution < 1.29 is 9.53 Å². The summed E-state index contributed by atoms with van der Waals surface area (Å²) in [6.45, 7) is 9.87. The first-order chi connectivity index (χ1) is 15.1. The third-order valence-electron chi connectivity index (χ3n) is 5.74. The van der Waals surface area contributed by atoms with Gasteiger partial charge in [-0.15, -0.1) is 0 Å². The second kappa shape index (κ2) is 9.47. The van der Waals surface area contributed by atoms with Crippen LogP contribution in [0.25, 0.3) is 5.69 Å². The van der Waals surface area contributed by atoms with Crippen molar-refractivity contribution in [3.05, 3.63) is 65.5 Å². The van der Waals surface area contributed by atoms with Crippen molar-refractivity contribution in [2.75, 3.05) is 13.2 Å². The van der Waals surface area contributed by atoms with E-state index in [1.807, 2.05) is 23.9 Å². The van der Waals surface area contributed by atoms with E-state index in [-0.39, 0.29) is 5.97 Å². The summed E-state index contributed by atoms with van der Waals surface area (Å²) in [6.07, 6.45) is 7.64. The van der Waals surface area contributed by atoms with Crippen LogP contribution in [0.15, 0.2) is 42.9 Å². The molecule has 1 aliphatic rings. The van der Waals surface area contributed by atoms with Crippen molar-refractivity contribution in [2.24, 2.45) is 5.92 Å². The first kappa shape index (κ1) is 21.3. The highest BCUT2D eigenvalue weighted by Gasteiger charge is 2.29. The maximum atomic E-state index is 12.6. The number of carbonyl (C=O) groups excluding carboxylic acids is 1. The number of nitrogens with zero attached hydrogens (tertiary/aromatic N) is 5. The molecule has 0 aromatic carbocycles. The second-order valence-electron chi connectivity index (χ2n) is 8.44. The molecular formula is C24H31N5O2. The standard InChI is InChI=1S/C24H31N5O2/c1-4-31-24(30)23-21-17-27(13-10-22(21)29(26-23)14-9-18(2)3)16-20-8-6-12-28(20)19-7-5-11-25-15-19/h5-8,11-12,15,18H,4,9-10,13-14,16-17H2,1-3H3. The molecule has 4 rings (SSSR count). The van der Waals surface area contributed by atoms with Gasteiger partial charge in [0.15, 0.2) is 5.69 Å². The zero-order chi connectivity index (χ0) is 21.8. The van der Waals surface area contributed by atoms with E-state index < -0.39 is 0 Å². The van der Waals surface area contributed by atoms with Crippen molar-refractivity contribution in [3.63, 3.8) is 0 Å². The van der Waals surface area contributed by atoms with Crippen molar-refractivity contribution in [1.29, 1.82) is 0 Å². The van der Waals surface area contributed by atoms with Gasteiger partial charge in [-0.25, -0.2) is 4.79 Å². The van der Waals surface area contributed by atoms with Crippen LogP contribution < -0.4 is 0 Å². The van der Waals surface area contributed by atoms with Crippen LogP contribution >= 0.6 is 0 Å². The number of hydrogen-bond acceptors (Lipinski definition) is 5. The Morgan fingerprint density at radius 3 is 2.87 bits per heavy atom. The van der Waals surface area contributed by atoms with Crippen LogP contribution in [-0.4, -0.2) is 43.4 Å². The van der Waals surface area contributed by atoms with E-state index in [4.69, 9.17) is 4.74 Å². The average molecular weight is 422 g/mol. The van der Waals surface area contributed by atoms with Gasteiger partial charge in [0.2, 0.25) is 0 Å². The zero-order valence-corrected chi connectivity index (χ0v) is 18.6. The summed E-state index contributed by atoms with van der Waals surface area (Å²) in [5.41, 5.74) is 4.93. The lowest BCUT2D eigenvalue weighted by Gasteiger charge is -2.28. The summed E-state index contributed by atoms with van der Waals surface area (Å²) in [6, 6.07) is 8.21. The van der Waals surface area contributed by atoms with Crippen molar-refractivity contribution in [2.45, 2.75) is 53.2 Å². The fraction of sp³-hybridized carbons (Fsp3) is 0.458. The lowest BCUT2D eigenvalue weighted by atomic mass is 10.0. The number of esters is 1. The van der Waals surface area contributed by atoms with Crippen LogP contribution in [0, 0.1) is 5.92 Å². The monoisotopic (exact) mass is 421 g/mol. The Labute approximate surface area is 183 Å². The summed E-state index contributed by atoms with van der Waals surface area (Å²) in [7, 11) is 0. The summed E-state index contributed by atoms with van der Waals surface area (Å²) < 4.78 is 9.51. The fourth-order valence-corrected chi connectivity index (χ4v) is 4.13. The lowest BCUT2D eigenvalue weighted by molar-refractivity contribution is 0.0515. The van der Waals surface area contributed by atoms with E-state index in [0.29, 0.717) is 24.8 Å². The summed E-state index contributed by atoms with van der Waals surface area (Å²) in [5, 5.41) is 4.68. The van der Waals surface area contributed by atoms with E-state index in [2.05, 4.69) is 57.8 Å². The molecule has 31 heavy (non-hydrogen) atoms. The van der Waals surface area contributed by atoms with Crippen molar-refractivity contribution >= 4 is 5.97 Å². The Morgan fingerprint density at radius 2 is 2.13 bits per heavy atom. The van der Waals surface area contributed by atoms with Gasteiger partial charge in [-0.3, -0.25) is 14.6 Å². The second-order valence-corrected chi connectivity index (χ2v) is 8.44. The van der Waals surface area contributed by atoms with Gasteiger partial charge in [0, 0.05) is 61.9 Å². The highest BCUT2D eigenvalue weighted by atomic mass is 16.5. The Balaban J connectivity index is 1.57. The van der Waals surface area contributed by atoms with Gasteiger partial charge in [0.25, 0.3) is 0 Å². The molecule has 0 amide bonds. The number of pyridine rings is 1. The third-order valence-corrected chi connectivity index (χ3v) is 5.74. The van der Waals surface area contributed by atoms with E-state index >= 15 is 0 Å². The van der Waals surface area contributed by atoms with Crippen molar-refractivity contribution in [3.8, 4) is 5.69 Å². The predicted octanol–water partition coefficient (Wildman–Crippen LogP) is 3.85. The molecule has 0 unspecified atom stereocenters. The molecule has 3 aromatic heterocycles. The largest absolute Gasteiger partial charge is 0.461 e. The van der Waals surface area contributed by atoms with Gasteiger partial charge in [-0.2, -0.15) is 5.10 Å². The summed E-state index contributed by atoms with van der Waals surface area (Å²) in [4.78, 5) is 19.2. The molecule has 0 fully saturated rings. The molecule has 1 aliphatic heterocycles. The van der Waals surface area contributed by atoms with Crippen LogP contribution in [0.3, 0.4) is 0 Å². The van der Waals surface area contributed by atoms with E-state index in [9.17, 15) is 4.79 Å². The normalized spacial score (nSPS) is 14.1. The smallest absolute Gasteiger partial charge is 0.359 e. The molecule has 3 aromatic rings. The summed E-state index contributed by atoms with van der Waals surface area (Å²) >= 11 is 0.